The third-order valence-electron chi connectivity index (χ3n) is 3.83. The second kappa shape index (κ2) is 8.32. The van der Waals surface area contributed by atoms with Crippen molar-refractivity contribution >= 4 is 40.6 Å². The van der Waals surface area contributed by atoms with Gasteiger partial charge in [-0.25, -0.2) is 19.9 Å². The Morgan fingerprint density at radius 1 is 1.23 bits per heavy atom. The number of anilines is 1. The maximum absolute atomic E-state index is 12.9. The van der Waals surface area contributed by atoms with E-state index in [1.807, 2.05) is 0 Å². The molecule has 2 amide bonds. The SMILES string of the molecule is C[C@H](c1nccc(C(N)=O)n1)c1ncc(C(=O)Nc2cc(C(F)(F)F)c(Cl)cn2)s1. The van der Waals surface area contributed by atoms with Crippen molar-refractivity contribution in [2.75, 3.05) is 5.32 Å². The lowest BCUT2D eigenvalue weighted by molar-refractivity contribution is -0.137. The lowest BCUT2D eigenvalue weighted by atomic mass is 10.2. The third kappa shape index (κ3) is 4.71. The number of amides is 2. The Labute approximate surface area is 176 Å². The molecule has 8 nitrogen and oxygen atoms in total. The van der Waals surface area contributed by atoms with Crippen LogP contribution in [0.25, 0.3) is 0 Å². The fourth-order valence-corrected chi connectivity index (χ4v) is 3.40. The van der Waals surface area contributed by atoms with E-state index in [-0.39, 0.29) is 22.2 Å². The number of nitrogens with zero attached hydrogens (tertiary/aromatic N) is 4. The Balaban J connectivity index is 1.79. The molecule has 0 aliphatic heterocycles. The number of primary amides is 1. The van der Waals surface area contributed by atoms with Gasteiger partial charge in [-0.05, 0) is 19.1 Å². The number of thiazole rings is 1. The summed E-state index contributed by atoms with van der Waals surface area (Å²) in [4.78, 5) is 39.8. The minimum absolute atomic E-state index is 0.0376. The molecule has 0 aliphatic rings. The number of nitrogens with one attached hydrogen (secondary N) is 1. The van der Waals surface area contributed by atoms with E-state index in [1.165, 1.54) is 18.5 Å². The van der Waals surface area contributed by atoms with Crippen LogP contribution in [0.1, 0.15) is 49.4 Å². The average molecular weight is 457 g/mol. The first kappa shape index (κ1) is 21.6. The molecule has 0 fully saturated rings. The summed E-state index contributed by atoms with van der Waals surface area (Å²) in [6, 6.07) is 2.02. The van der Waals surface area contributed by atoms with Crippen molar-refractivity contribution < 1.29 is 22.8 Å². The molecule has 30 heavy (non-hydrogen) atoms. The molecular formula is C17H12ClF3N6O2S. The fraction of sp³-hybridized carbons (Fsp3) is 0.176. The van der Waals surface area contributed by atoms with Gasteiger partial charge in [0.05, 0.1) is 22.7 Å². The first-order valence-corrected chi connectivity index (χ1v) is 9.38. The normalized spacial score (nSPS) is 12.4. The molecule has 0 saturated carbocycles. The van der Waals surface area contributed by atoms with Crippen molar-refractivity contribution in [3.8, 4) is 0 Å². The van der Waals surface area contributed by atoms with Crippen molar-refractivity contribution in [1.82, 2.24) is 19.9 Å². The van der Waals surface area contributed by atoms with Crippen LogP contribution in [-0.2, 0) is 6.18 Å². The van der Waals surface area contributed by atoms with Gasteiger partial charge in [0.25, 0.3) is 11.8 Å². The minimum atomic E-state index is -4.69. The number of nitrogens with two attached hydrogens (primary N) is 1. The standard InChI is InChI=1S/C17H12ClF3N6O2S/c1-7(14-23-3-2-10(26-14)13(22)28)16-25-6-11(30-16)15(29)27-12-4-8(17(19,20)21)9(18)5-24-12/h2-7H,1H3,(H2,22,28)(H,24,27,29)/t7-/m1/s1. The Bertz CT molecular complexity index is 1120. The fourth-order valence-electron chi connectivity index (χ4n) is 2.33. The van der Waals surface area contributed by atoms with Crippen molar-refractivity contribution in [2.24, 2.45) is 5.73 Å². The first-order chi connectivity index (χ1) is 14.1. The topological polar surface area (TPSA) is 124 Å². The molecule has 13 heteroatoms. The van der Waals surface area contributed by atoms with Crippen LogP contribution in [0.3, 0.4) is 0 Å². The molecular weight excluding hydrogens is 445 g/mol. The van der Waals surface area contributed by atoms with Gasteiger partial charge in [-0.2, -0.15) is 13.2 Å². The summed E-state index contributed by atoms with van der Waals surface area (Å²) in [7, 11) is 0. The van der Waals surface area contributed by atoms with Gasteiger partial charge in [0.1, 0.15) is 27.2 Å². The van der Waals surface area contributed by atoms with Gasteiger partial charge in [-0.15, -0.1) is 11.3 Å². The number of hydrogen-bond donors (Lipinski definition) is 2. The van der Waals surface area contributed by atoms with Gasteiger partial charge in [-0.3, -0.25) is 9.59 Å². The zero-order chi connectivity index (χ0) is 22.1. The summed E-state index contributed by atoms with van der Waals surface area (Å²) in [6.07, 6.45) is -1.23. The summed E-state index contributed by atoms with van der Waals surface area (Å²) in [5.41, 5.74) is 4.13. The van der Waals surface area contributed by atoms with E-state index in [1.54, 1.807) is 6.92 Å². The lowest BCUT2D eigenvalue weighted by Crippen LogP contribution is -2.15. The molecule has 0 saturated heterocycles. The van der Waals surface area contributed by atoms with Crippen LogP contribution >= 0.6 is 22.9 Å². The maximum atomic E-state index is 12.9. The second-order valence-corrected chi connectivity index (χ2v) is 7.42. The second-order valence-electron chi connectivity index (χ2n) is 5.95. The van der Waals surface area contributed by atoms with Crippen LogP contribution in [0.5, 0.6) is 0 Å². The van der Waals surface area contributed by atoms with Gasteiger partial charge >= 0.3 is 6.18 Å². The highest BCUT2D eigenvalue weighted by molar-refractivity contribution is 7.13. The summed E-state index contributed by atoms with van der Waals surface area (Å²) in [5, 5.41) is 2.17. The Hall–Kier alpha value is -3.12. The summed E-state index contributed by atoms with van der Waals surface area (Å²) < 4.78 is 38.8. The maximum Gasteiger partial charge on any atom is 0.418 e. The number of halogens is 4. The number of carbonyl (C=O) groups excluding carboxylic acids is 2. The molecule has 0 radical (unpaired) electrons. The number of rotatable bonds is 5. The first-order valence-electron chi connectivity index (χ1n) is 8.19. The van der Waals surface area contributed by atoms with E-state index >= 15 is 0 Å². The predicted octanol–water partition coefficient (Wildman–Crippen LogP) is 3.50. The molecule has 3 N–H and O–H groups in total. The van der Waals surface area contributed by atoms with Crippen molar-refractivity contribution in [1.29, 1.82) is 0 Å². The molecule has 0 spiro atoms. The number of alkyl halides is 3. The van der Waals surface area contributed by atoms with Gasteiger partial charge in [0.2, 0.25) is 0 Å². The van der Waals surface area contributed by atoms with Crippen LogP contribution in [0.2, 0.25) is 5.02 Å². The molecule has 3 rings (SSSR count). The van der Waals surface area contributed by atoms with Gasteiger partial charge in [-0.1, -0.05) is 11.6 Å². The van der Waals surface area contributed by atoms with Crippen LogP contribution < -0.4 is 11.1 Å². The van der Waals surface area contributed by atoms with Gasteiger partial charge < -0.3 is 11.1 Å². The van der Waals surface area contributed by atoms with Gasteiger partial charge in [0.15, 0.2) is 0 Å². The number of pyridine rings is 1. The van der Waals surface area contributed by atoms with Crippen LogP contribution in [0, 0.1) is 0 Å². The summed E-state index contributed by atoms with van der Waals surface area (Å²) in [6.45, 7) is 1.72. The van der Waals surface area contributed by atoms with E-state index in [0.717, 1.165) is 17.5 Å². The van der Waals surface area contributed by atoms with Crippen LogP contribution in [0.4, 0.5) is 19.0 Å². The van der Waals surface area contributed by atoms with Crippen molar-refractivity contribution in [2.45, 2.75) is 19.0 Å². The highest BCUT2D eigenvalue weighted by Gasteiger charge is 2.34. The Kier molecular flexibility index (Phi) is 5.99. The molecule has 0 bridgehead atoms. The van der Waals surface area contributed by atoms with Gasteiger partial charge in [0, 0.05) is 12.4 Å². The molecule has 0 aliphatic carbocycles. The van der Waals surface area contributed by atoms with Crippen LogP contribution in [-0.4, -0.2) is 31.8 Å². The van der Waals surface area contributed by atoms with E-state index in [9.17, 15) is 22.8 Å². The Morgan fingerprint density at radius 3 is 2.63 bits per heavy atom. The number of hydrogen-bond acceptors (Lipinski definition) is 7. The number of aromatic nitrogens is 4. The average Bonchev–Trinajstić information content (AvgIpc) is 3.18. The van der Waals surface area contributed by atoms with E-state index < -0.39 is 34.5 Å². The zero-order valence-electron chi connectivity index (χ0n) is 15.1. The largest absolute Gasteiger partial charge is 0.418 e. The summed E-state index contributed by atoms with van der Waals surface area (Å²) >= 11 is 6.51. The van der Waals surface area contributed by atoms with E-state index in [0.29, 0.717) is 11.1 Å². The molecule has 3 aromatic heterocycles. The predicted molar refractivity (Wildman–Crippen MR) is 102 cm³/mol. The van der Waals surface area contributed by atoms with E-state index in [2.05, 4.69) is 25.3 Å². The zero-order valence-corrected chi connectivity index (χ0v) is 16.6. The highest BCUT2D eigenvalue weighted by atomic mass is 35.5. The minimum Gasteiger partial charge on any atom is -0.364 e. The molecule has 3 heterocycles. The van der Waals surface area contributed by atoms with Crippen LogP contribution in [0.15, 0.2) is 30.7 Å². The molecule has 0 unspecified atom stereocenters. The smallest absolute Gasteiger partial charge is 0.364 e. The molecule has 3 aromatic rings. The molecule has 156 valence electrons. The lowest BCUT2D eigenvalue weighted by Gasteiger charge is -2.10. The quantitative estimate of drug-likeness (QED) is 0.605. The highest BCUT2D eigenvalue weighted by Crippen LogP contribution is 2.35. The third-order valence-corrected chi connectivity index (χ3v) is 5.31. The summed E-state index contributed by atoms with van der Waals surface area (Å²) in [5.74, 6) is -1.89. The molecule has 1 atom stereocenters. The van der Waals surface area contributed by atoms with Crippen molar-refractivity contribution in [3.05, 3.63) is 62.7 Å². The number of carbonyl (C=O) groups is 2. The van der Waals surface area contributed by atoms with Crippen molar-refractivity contribution in [3.63, 3.8) is 0 Å². The van der Waals surface area contributed by atoms with E-state index in [4.69, 9.17) is 17.3 Å². The molecule has 0 aromatic carbocycles. The monoisotopic (exact) mass is 456 g/mol. The Morgan fingerprint density at radius 2 is 1.97 bits per heavy atom.